The van der Waals surface area contributed by atoms with Gasteiger partial charge in [-0.3, -0.25) is 0 Å². The van der Waals surface area contributed by atoms with E-state index in [1.165, 1.54) is 27.7 Å². The van der Waals surface area contributed by atoms with Gasteiger partial charge in [0.15, 0.2) is 0 Å². The van der Waals surface area contributed by atoms with E-state index in [4.69, 9.17) is 0 Å². The number of benzene rings is 3. The topological polar surface area (TPSA) is 0 Å². The van der Waals surface area contributed by atoms with E-state index in [-0.39, 0.29) is 0 Å². The van der Waals surface area contributed by atoms with Gasteiger partial charge >= 0.3 is 169 Å². The summed E-state index contributed by atoms with van der Waals surface area (Å²) < 4.78 is 4.60. The summed E-state index contributed by atoms with van der Waals surface area (Å²) in [5.74, 6) is 0. The fourth-order valence-electron chi connectivity index (χ4n) is 2.83. The summed E-state index contributed by atoms with van der Waals surface area (Å²) in [6, 6.07) is 26.9. The molecule has 0 amide bonds. The van der Waals surface area contributed by atoms with Crippen molar-refractivity contribution in [3.05, 3.63) is 72.8 Å². The van der Waals surface area contributed by atoms with Crippen LogP contribution in [0.3, 0.4) is 0 Å². The number of rotatable bonds is 6. The third-order valence-electron chi connectivity index (χ3n) is 3.98. The maximum atomic E-state index is 2.35. The van der Waals surface area contributed by atoms with Crippen molar-refractivity contribution < 1.29 is 0 Å². The fourth-order valence-corrected chi connectivity index (χ4v) is 12.4. The van der Waals surface area contributed by atoms with E-state index >= 15 is 0 Å². The van der Waals surface area contributed by atoms with E-state index in [1.54, 1.807) is 0 Å². The summed E-state index contributed by atoms with van der Waals surface area (Å²) in [6.45, 7) is 0. The first-order valence-electron chi connectivity index (χ1n) is 7.99. The zero-order valence-corrected chi connectivity index (χ0v) is 18.9. The van der Waals surface area contributed by atoms with Gasteiger partial charge in [0.05, 0.1) is 0 Å². The van der Waals surface area contributed by atoms with Gasteiger partial charge in [-0.2, -0.15) is 0 Å². The zero-order chi connectivity index (χ0) is 17.6. The summed E-state index contributed by atoms with van der Waals surface area (Å²) in [5.41, 5.74) is 0. The standard InChI is InChI=1S/C21H21AsS3/c1-23-19-13-7-4-10-16(19)22(17-11-5-8-14-20(17)24-2)18-12-6-9-15-21(18)25-3/h4-15H,1-3H3. The molecule has 0 nitrogen and oxygen atoms in total. The van der Waals surface area contributed by atoms with Gasteiger partial charge in [-0.1, -0.05) is 0 Å². The predicted molar refractivity (Wildman–Crippen MR) is 119 cm³/mol. The summed E-state index contributed by atoms with van der Waals surface area (Å²) in [5, 5.41) is 0. The van der Waals surface area contributed by atoms with Crippen molar-refractivity contribution in [2.75, 3.05) is 18.8 Å². The molecule has 0 atom stereocenters. The van der Waals surface area contributed by atoms with E-state index in [2.05, 4.69) is 91.6 Å². The summed E-state index contributed by atoms with van der Waals surface area (Å²) in [6.07, 6.45) is 6.56. The van der Waals surface area contributed by atoms with E-state index in [0.29, 0.717) is 0 Å². The van der Waals surface area contributed by atoms with Crippen LogP contribution < -0.4 is 13.1 Å². The Hall–Kier alpha value is -0.732. The molecule has 0 radical (unpaired) electrons. The molecule has 128 valence electrons. The molecule has 0 aromatic heterocycles. The van der Waals surface area contributed by atoms with Crippen LogP contribution in [0.5, 0.6) is 0 Å². The van der Waals surface area contributed by atoms with Gasteiger partial charge in [-0.05, 0) is 0 Å². The molecule has 0 spiro atoms. The first-order valence-corrected chi connectivity index (χ1v) is 14.5. The molecule has 0 saturated carbocycles. The molecule has 0 N–H and O–H groups in total. The Labute approximate surface area is 168 Å². The average Bonchev–Trinajstić information content (AvgIpc) is 2.69. The fraction of sp³-hybridized carbons (Fsp3) is 0.143. The Kier molecular flexibility index (Phi) is 7.07. The Balaban J connectivity index is 2.29. The van der Waals surface area contributed by atoms with Crippen molar-refractivity contribution in [1.29, 1.82) is 0 Å². The quantitative estimate of drug-likeness (QED) is 0.410. The molecular weight excluding hydrogens is 423 g/mol. The van der Waals surface area contributed by atoms with Crippen molar-refractivity contribution >= 4 is 63.0 Å². The zero-order valence-electron chi connectivity index (χ0n) is 14.6. The first-order chi connectivity index (χ1) is 12.3. The Bertz CT molecular complexity index is 735. The summed E-state index contributed by atoms with van der Waals surface area (Å²) in [7, 11) is 0. The van der Waals surface area contributed by atoms with Gasteiger partial charge in [-0.25, -0.2) is 0 Å². The second-order valence-electron chi connectivity index (χ2n) is 5.35. The van der Waals surface area contributed by atoms with Gasteiger partial charge in [0.2, 0.25) is 0 Å². The van der Waals surface area contributed by atoms with Crippen molar-refractivity contribution in [3.8, 4) is 0 Å². The third kappa shape index (κ3) is 4.17. The monoisotopic (exact) mass is 444 g/mol. The number of hydrogen-bond donors (Lipinski definition) is 0. The van der Waals surface area contributed by atoms with Crippen molar-refractivity contribution in [3.63, 3.8) is 0 Å². The second-order valence-corrected chi connectivity index (χ2v) is 12.3. The molecule has 25 heavy (non-hydrogen) atoms. The predicted octanol–water partition coefficient (Wildman–Crippen LogP) is 4.37. The van der Waals surface area contributed by atoms with Crippen LogP contribution in [0, 0.1) is 0 Å². The van der Waals surface area contributed by atoms with Crippen LogP contribution in [0.4, 0.5) is 0 Å². The van der Waals surface area contributed by atoms with Crippen LogP contribution in [-0.4, -0.2) is 33.4 Å². The van der Waals surface area contributed by atoms with E-state index in [0.717, 1.165) is 0 Å². The summed E-state index contributed by atoms with van der Waals surface area (Å²) in [4.78, 5) is 4.23. The second kappa shape index (κ2) is 9.28. The van der Waals surface area contributed by atoms with Gasteiger partial charge in [0.25, 0.3) is 0 Å². The Morgan fingerprint density at radius 2 is 0.760 bits per heavy atom. The first kappa shape index (κ1) is 19.0. The molecule has 3 aromatic carbocycles. The van der Waals surface area contributed by atoms with Crippen molar-refractivity contribution in [1.82, 2.24) is 0 Å². The normalized spacial score (nSPS) is 11.0. The molecule has 0 fully saturated rings. The molecule has 0 aliphatic rings. The van der Waals surface area contributed by atoms with Gasteiger partial charge in [-0.15, -0.1) is 0 Å². The number of hydrogen-bond acceptors (Lipinski definition) is 3. The van der Waals surface area contributed by atoms with Gasteiger partial charge in [0.1, 0.15) is 0 Å². The maximum absolute atomic E-state index is 2.35. The molecule has 0 unspecified atom stereocenters. The third-order valence-corrected chi connectivity index (χ3v) is 12.8. The Morgan fingerprint density at radius 3 is 1.04 bits per heavy atom. The van der Waals surface area contributed by atoms with Crippen LogP contribution >= 0.6 is 35.3 Å². The van der Waals surface area contributed by atoms with E-state index in [1.807, 2.05) is 35.3 Å². The molecule has 0 heterocycles. The van der Waals surface area contributed by atoms with Crippen LogP contribution in [-0.2, 0) is 0 Å². The molecule has 0 aliphatic heterocycles. The minimum atomic E-state index is -1.63. The molecule has 0 aliphatic carbocycles. The van der Waals surface area contributed by atoms with Crippen molar-refractivity contribution in [2.24, 2.45) is 0 Å². The van der Waals surface area contributed by atoms with Gasteiger partial charge < -0.3 is 0 Å². The Morgan fingerprint density at radius 1 is 0.480 bits per heavy atom. The molecule has 3 rings (SSSR count). The van der Waals surface area contributed by atoms with E-state index in [9.17, 15) is 0 Å². The molecular formula is C21H21AsS3. The molecule has 0 saturated heterocycles. The van der Waals surface area contributed by atoms with Crippen LogP contribution in [0.15, 0.2) is 87.5 Å². The van der Waals surface area contributed by atoms with Gasteiger partial charge in [0, 0.05) is 0 Å². The van der Waals surface area contributed by atoms with Crippen LogP contribution in [0.1, 0.15) is 0 Å². The number of thioether (sulfide) groups is 3. The van der Waals surface area contributed by atoms with Crippen LogP contribution in [0.25, 0.3) is 0 Å². The average molecular weight is 445 g/mol. The SMILES string of the molecule is CSc1ccccc1[As](c1ccccc1SC)c1ccccc1SC. The molecule has 4 heteroatoms. The van der Waals surface area contributed by atoms with Crippen molar-refractivity contribution in [2.45, 2.75) is 14.7 Å². The summed E-state index contributed by atoms with van der Waals surface area (Å²) >= 11 is 3.96. The minimum absolute atomic E-state index is 1.41. The molecule has 0 bridgehead atoms. The van der Waals surface area contributed by atoms with Crippen LogP contribution in [0.2, 0.25) is 0 Å². The van der Waals surface area contributed by atoms with E-state index < -0.39 is 14.7 Å². The molecule has 3 aromatic rings.